The number of thiophene rings is 1. The number of rotatable bonds is 2. The molecule has 0 atom stereocenters. The smallest absolute Gasteiger partial charge is 0.194 e. The van der Waals surface area contributed by atoms with Gasteiger partial charge in [-0.1, -0.05) is 60.7 Å². The minimum atomic E-state index is -0.185. The van der Waals surface area contributed by atoms with Crippen LogP contribution in [0, 0.1) is 22.7 Å². The van der Waals surface area contributed by atoms with Gasteiger partial charge in [-0.3, -0.25) is 4.79 Å². The number of carbonyl (C=O) groups excluding carboxylic acids is 1. The lowest BCUT2D eigenvalue weighted by Crippen LogP contribution is -1.95. The van der Waals surface area contributed by atoms with Crippen molar-refractivity contribution in [2.45, 2.75) is 0 Å². The number of nitriles is 2. The van der Waals surface area contributed by atoms with E-state index < -0.39 is 0 Å². The summed E-state index contributed by atoms with van der Waals surface area (Å²) in [5.74, 6) is 0.600. The van der Waals surface area contributed by atoms with Crippen molar-refractivity contribution < 1.29 is 9.21 Å². The summed E-state index contributed by atoms with van der Waals surface area (Å²) in [5.41, 5.74) is 3.55. The van der Waals surface area contributed by atoms with Crippen molar-refractivity contribution in [3.05, 3.63) is 106 Å². The zero-order valence-corrected chi connectivity index (χ0v) is 18.5. The Morgan fingerprint density at radius 3 is 2.35 bits per heavy atom. The van der Waals surface area contributed by atoms with E-state index in [-0.39, 0.29) is 11.4 Å². The topological polar surface area (TPSA) is 77.8 Å². The number of fused-ring (bicyclic) bond motifs is 3. The second-order valence-corrected chi connectivity index (χ2v) is 9.07. The third-order valence-electron chi connectivity index (χ3n) is 5.98. The number of benzene rings is 3. The molecule has 4 nitrogen and oxygen atoms in total. The van der Waals surface area contributed by atoms with E-state index in [4.69, 9.17) is 4.42 Å². The molecular formula is C29H14N2O2S. The first kappa shape index (κ1) is 19.9. The fraction of sp³-hybridized carbons (Fsp3) is 0. The summed E-state index contributed by atoms with van der Waals surface area (Å²) >= 11 is 1.50. The van der Waals surface area contributed by atoms with E-state index in [1.807, 2.05) is 42.5 Å². The van der Waals surface area contributed by atoms with Gasteiger partial charge in [-0.2, -0.15) is 10.5 Å². The molecule has 2 heterocycles. The van der Waals surface area contributed by atoms with E-state index in [2.05, 4.69) is 24.3 Å². The van der Waals surface area contributed by atoms with E-state index >= 15 is 0 Å². The molecule has 3 aromatic carbocycles. The zero-order valence-electron chi connectivity index (χ0n) is 17.7. The Balaban J connectivity index is 1.42. The number of ketones is 1. The summed E-state index contributed by atoms with van der Waals surface area (Å²) in [6.07, 6.45) is 1.75. The highest BCUT2D eigenvalue weighted by atomic mass is 32.1. The number of hydrogen-bond donors (Lipinski definition) is 0. The van der Waals surface area contributed by atoms with Gasteiger partial charge in [-0.15, -0.1) is 11.3 Å². The van der Waals surface area contributed by atoms with Crippen molar-refractivity contribution in [3.8, 4) is 23.5 Å². The monoisotopic (exact) mass is 454 g/mol. The van der Waals surface area contributed by atoms with Crippen LogP contribution in [0.15, 0.2) is 94.4 Å². The molecule has 0 unspecified atom stereocenters. The maximum absolute atomic E-state index is 13.1. The molecule has 1 aliphatic rings. The van der Waals surface area contributed by atoms with Gasteiger partial charge in [0.15, 0.2) is 5.78 Å². The van der Waals surface area contributed by atoms with Gasteiger partial charge in [0.1, 0.15) is 29.1 Å². The van der Waals surface area contributed by atoms with Gasteiger partial charge in [-0.25, -0.2) is 0 Å². The van der Waals surface area contributed by atoms with Crippen molar-refractivity contribution in [1.29, 1.82) is 10.5 Å². The number of allylic oxidation sites excluding steroid dienone is 3. The zero-order chi connectivity index (χ0) is 23.2. The van der Waals surface area contributed by atoms with Crippen LogP contribution in [0.5, 0.6) is 0 Å². The number of nitrogens with zero attached hydrogens (tertiary/aromatic N) is 2. The Morgan fingerprint density at radius 1 is 0.853 bits per heavy atom. The molecule has 5 heteroatoms. The van der Waals surface area contributed by atoms with Crippen molar-refractivity contribution in [2.75, 3.05) is 0 Å². The number of hydrogen-bond acceptors (Lipinski definition) is 5. The average molecular weight is 455 g/mol. The van der Waals surface area contributed by atoms with Crippen LogP contribution in [0.1, 0.15) is 20.8 Å². The molecular weight excluding hydrogens is 440 g/mol. The largest absolute Gasteiger partial charge is 0.455 e. The summed E-state index contributed by atoms with van der Waals surface area (Å²) < 4.78 is 7.10. The molecule has 0 spiro atoms. The predicted molar refractivity (Wildman–Crippen MR) is 134 cm³/mol. The lowest BCUT2D eigenvalue weighted by molar-refractivity contribution is 0.104. The molecule has 0 bridgehead atoms. The molecule has 2 aromatic heterocycles. The molecule has 6 rings (SSSR count). The summed E-state index contributed by atoms with van der Waals surface area (Å²) in [4.78, 5) is 13.9. The summed E-state index contributed by atoms with van der Waals surface area (Å²) in [5, 5.41) is 21.3. The first-order valence-electron chi connectivity index (χ1n) is 10.6. The first-order chi connectivity index (χ1) is 16.7. The van der Waals surface area contributed by atoms with Gasteiger partial charge in [0.25, 0.3) is 0 Å². The Kier molecular flexibility index (Phi) is 4.52. The summed E-state index contributed by atoms with van der Waals surface area (Å²) in [6, 6.07) is 29.3. The third kappa shape index (κ3) is 3.08. The van der Waals surface area contributed by atoms with Gasteiger partial charge < -0.3 is 4.42 Å². The van der Waals surface area contributed by atoms with Crippen LogP contribution in [0.4, 0.5) is 0 Å². The van der Waals surface area contributed by atoms with Crippen LogP contribution in [-0.2, 0) is 0 Å². The predicted octanol–water partition coefficient (Wildman–Crippen LogP) is 7.40. The van der Waals surface area contributed by atoms with E-state index in [1.165, 1.54) is 16.7 Å². The first-order valence-corrected chi connectivity index (χ1v) is 11.4. The third-order valence-corrected chi connectivity index (χ3v) is 6.99. The molecule has 34 heavy (non-hydrogen) atoms. The Labute approximate surface area is 198 Å². The number of Topliss-reactive ketones (excluding diaryl/α,β-unsaturated/α-hetero) is 1. The van der Waals surface area contributed by atoms with Crippen LogP contribution >= 0.6 is 11.3 Å². The van der Waals surface area contributed by atoms with Crippen LogP contribution in [0.3, 0.4) is 0 Å². The van der Waals surface area contributed by atoms with E-state index in [9.17, 15) is 15.3 Å². The molecule has 0 saturated carbocycles. The van der Waals surface area contributed by atoms with Gasteiger partial charge >= 0.3 is 0 Å². The standard InChI is InChI=1S/C29H14N2O2S/c30-15-20(16-31)28-22-7-3-4-8-23(22)29(32)24(28)12-21-13-26-27(34-21)14-25(33-26)19-10-9-17-5-1-2-6-18(17)11-19/h1-14H/b24-12-. The Bertz CT molecular complexity index is 1750. The fourth-order valence-corrected chi connectivity index (χ4v) is 5.36. The highest BCUT2D eigenvalue weighted by Crippen LogP contribution is 2.41. The maximum atomic E-state index is 13.1. The molecule has 0 aliphatic heterocycles. The molecule has 0 fully saturated rings. The lowest BCUT2D eigenvalue weighted by Gasteiger charge is -2.01. The minimum absolute atomic E-state index is 0.0663. The summed E-state index contributed by atoms with van der Waals surface area (Å²) in [6.45, 7) is 0. The normalized spacial score (nSPS) is 13.9. The van der Waals surface area contributed by atoms with Crippen molar-refractivity contribution >= 4 is 49.8 Å². The maximum Gasteiger partial charge on any atom is 0.194 e. The van der Waals surface area contributed by atoms with Gasteiger partial charge in [-0.05, 0) is 34.5 Å². The van der Waals surface area contributed by atoms with Gasteiger partial charge in [0, 0.05) is 33.2 Å². The lowest BCUT2D eigenvalue weighted by atomic mass is 9.99. The van der Waals surface area contributed by atoms with Crippen molar-refractivity contribution in [1.82, 2.24) is 0 Å². The average Bonchev–Trinajstić information content (AvgIpc) is 3.52. The van der Waals surface area contributed by atoms with Crippen LogP contribution in [0.25, 0.3) is 44.0 Å². The van der Waals surface area contributed by atoms with E-state index in [0.717, 1.165) is 31.9 Å². The molecule has 0 N–H and O–H groups in total. The molecule has 0 saturated heterocycles. The van der Waals surface area contributed by atoms with Crippen LogP contribution < -0.4 is 0 Å². The SMILES string of the molecule is N#CC(C#N)=C1/C(=C/c2cc3oc(-c4ccc5ccccc5c4)cc3s2)C(=O)c2ccccc21. The highest BCUT2D eigenvalue weighted by molar-refractivity contribution is 7.19. The van der Waals surface area contributed by atoms with Gasteiger partial charge in [0.2, 0.25) is 0 Å². The second kappa shape index (κ2) is 7.71. The van der Waals surface area contributed by atoms with E-state index in [1.54, 1.807) is 30.3 Å². The van der Waals surface area contributed by atoms with Crippen LogP contribution in [-0.4, -0.2) is 5.78 Å². The molecule has 1 aliphatic carbocycles. The Morgan fingerprint density at radius 2 is 1.59 bits per heavy atom. The van der Waals surface area contributed by atoms with Crippen molar-refractivity contribution in [2.24, 2.45) is 0 Å². The highest BCUT2D eigenvalue weighted by Gasteiger charge is 2.32. The molecule has 0 amide bonds. The molecule has 158 valence electrons. The van der Waals surface area contributed by atoms with Crippen LogP contribution in [0.2, 0.25) is 0 Å². The Hall–Kier alpha value is -4.71. The van der Waals surface area contributed by atoms with Gasteiger partial charge in [0.05, 0.1) is 4.70 Å². The summed E-state index contributed by atoms with van der Waals surface area (Å²) in [7, 11) is 0. The minimum Gasteiger partial charge on any atom is -0.455 e. The van der Waals surface area contributed by atoms with Crippen molar-refractivity contribution in [3.63, 3.8) is 0 Å². The fourth-order valence-electron chi connectivity index (χ4n) is 4.40. The molecule has 0 radical (unpaired) electrons. The number of carbonyl (C=O) groups is 1. The quantitative estimate of drug-likeness (QED) is 0.206. The van der Waals surface area contributed by atoms with E-state index in [0.29, 0.717) is 22.3 Å². The number of furan rings is 1. The second-order valence-electron chi connectivity index (χ2n) is 7.96. The molecule has 5 aromatic rings.